The van der Waals surface area contributed by atoms with Crippen LogP contribution in [0.1, 0.15) is 24.3 Å². The van der Waals surface area contributed by atoms with Gasteiger partial charge in [0.05, 0.1) is 23.1 Å². The molecule has 3 aromatic rings. The first kappa shape index (κ1) is 21.2. The summed E-state index contributed by atoms with van der Waals surface area (Å²) >= 11 is 0. The molecule has 0 spiro atoms. The van der Waals surface area contributed by atoms with Gasteiger partial charge >= 0.3 is 6.36 Å². The van der Waals surface area contributed by atoms with Crippen molar-refractivity contribution in [2.24, 2.45) is 0 Å². The lowest BCUT2D eigenvalue weighted by atomic mass is 10.0. The highest BCUT2D eigenvalue weighted by atomic mass is 19.4. The number of aromatic nitrogens is 1. The third-order valence-electron chi connectivity index (χ3n) is 5.95. The highest BCUT2D eigenvalue weighted by molar-refractivity contribution is 5.97. The number of amides is 1. The fraction of sp³-hybridized carbons (Fsp3) is 0.304. The molecule has 1 saturated heterocycles. The average molecular weight is 458 g/mol. The Kier molecular flexibility index (Phi) is 4.95. The quantitative estimate of drug-likeness (QED) is 0.558. The van der Waals surface area contributed by atoms with Gasteiger partial charge in [-0.2, -0.15) is 0 Å². The molecular weight excluding hydrogens is 437 g/mol. The Morgan fingerprint density at radius 3 is 2.48 bits per heavy atom. The van der Waals surface area contributed by atoms with E-state index in [-0.39, 0.29) is 23.9 Å². The second kappa shape index (κ2) is 7.72. The van der Waals surface area contributed by atoms with Gasteiger partial charge in [-0.05, 0) is 62.2 Å². The van der Waals surface area contributed by atoms with Gasteiger partial charge in [-0.25, -0.2) is 0 Å². The van der Waals surface area contributed by atoms with Crippen LogP contribution < -0.4 is 20.3 Å². The van der Waals surface area contributed by atoms with E-state index in [0.717, 1.165) is 34.0 Å². The van der Waals surface area contributed by atoms with E-state index in [1.54, 1.807) is 4.90 Å². The van der Waals surface area contributed by atoms with Gasteiger partial charge < -0.3 is 24.8 Å². The zero-order valence-corrected chi connectivity index (χ0v) is 17.9. The van der Waals surface area contributed by atoms with E-state index in [4.69, 9.17) is 4.52 Å². The molecule has 1 unspecified atom stereocenters. The zero-order valence-electron chi connectivity index (χ0n) is 17.9. The molecule has 0 radical (unpaired) electrons. The molecule has 10 heteroatoms. The molecule has 2 N–H and O–H groups in total. The molecule has 1 amide bonds. The van der Waals surface area contributed by atoms with Crippen LogP contribution in [0.25, 0.3) is 11.1 Å². The van der Waals surface area contributed by atoms with Crippen molar-refractivity contribution in [2.75, 3.05) is 15.5 Å². The topological polar surface area (TPSA) is 79.6 Å². The van der Waals surface area contributed by atoms with Crippen LogP contribution in [0.4, 0.5) is 30.2 Å². The number of alkyl halides is 3. The summed E-state index contributed by atoms with van der Waals surface area (Å²) in [6.45, 7) is 3.75. The van der Waals surface area contributed by atoms with Crippen LogP contribution in [0.2, 0.25) is 0 Å². The maximum absolute atomic E-state index is 12.7. The van der Waals surface area contributed by atoms with Crippen molar-refractivity contribution in [3.05, 3.63) is 53.9 Å². The Balaban J connectivity index is 1.37. The molecule has 7 nitrogen and oxygen atoms in total. The maximum Gasteiger partial charge on any atom is 0.573 e. The van der Waals surface area contributed by atoms with E-state index in [9.17, 15) is 18.0 Å². The summed E-state index contributed by atoms with van der Waals surface area (Å²) in [7, 11) is 0. The minimum Gasteiger partial charge on any atom is -0.406 e. The summed E-state index contributed by atoms with van der Waals surface area (Å²) in [5.41, 5.74) is 5.05. The fourth-order valence-corrected chi connectivity index (χ4v) is 4.57. The van der Waals surface area contributed by atoms with Crippen LogP contribution in [0.5, 0.6) is 5.75 Å². The molecule has 0 aliphatic carbocycles. The Bertz CT molecular complexity index is 1190. The lowest BCUT2D eigenvalue weighted by Crippen LogP contribution is -2.46. The van der Waals surface area contributed by atoms with Crippen molar-refractivity contribution in [1.29, 1.82) is 0 Å². The number of halogens is 3. The van der Waals surface area contributed by atoms with Gasteiger partial charge in [0.1, 0.15) is 17.7 Å². The van der Waals surface area contributed by atoms with E-state index in [0.29, 0.717) is 18.5 Å². The molecule has 1 fully saturated rings. The van der Waals surface area contributed by atoms with Crippen LogP contribution in [-0.2, 0) is 4.79 Å². The van der Waals surface area contributed by atoms with Crippen molar-refractivity contribution < 1.29 is 27.2 Å². The van der Waals surface area contributed by atoms with Crippen LogP contribution in [0.3, 0.4) is 0 Å². The van der Waals surface area contributed by atoms with Crippen molar-refractivity contribution in [3.63, 3.8) is 0 Å². The number of ether oxygens (including phenoxy) is 1. The monoisotopic (exact) mass is 458 g/mol. The molecule has 172 valence electrons. The van der Waals surface area contributed by atoms with Crippen LogP contribution >= 0.6 is 0 Å². The highest BCUT2D eigenvalue weighted by Crippen LogP contribution is 2.39. The second-order valence-corrected chi connectivity index (χ2v) is 8.14. The van der Waals surface area contributed by atoms with E-state index >= 15 is 0 Å². The number of carbonyl (C=O) groups is 1. The molecule has 2 atom stereocenters. The van der Waals surface area contributed by atoms with E-state index in [2.05, 4.69) is 20.5 Å². The first-order valence-electron chi connectivity index (χ1n) is 10.5. The Labute approximate surface area is 187 Å². The number of nitrogens with zero attached hydrogens (tertiary/aromatic N) is 2. The molecule has 2 aromatic carbocycles. The SMILES string of the molecule is Cc1noc(C)c1-c1ccc2c(c1)N[C@@H](C1CCC(=O)N1c1ccc(OC(F)(F)F)cc1)N2. The van der Waals surface area contributed by atoms with Gasteiger partial charge in [0.15, 0.2) is 0 Å². The normalized spacial score (nSPS) is 19.9. The maximum atomic E-state index is 12.7. The minimum atomic E-state index is -4.76. The summed E-state index contributed by atoms with van der Waals surface area (Å²) in [5, 5.41) is 10.9. The number of anilines is 3. The van der Waals surface area contributed by atoms with E-state index < -0.39 is 6.36 Å². The van der Waals surface area contributed by atoms with Crippen molar-refractivity contribution in [3.8, 4) is 16.9 Å². The van der Waals surface area contributed by atoms with Crippen molar-refractivity contribution in [1.82, 2.24) is 5.16 Å². The molecule has 0 saturated carbocycles. The predicted molar refractivity (Wildman–Crippen MR) is 116 cm³/mol. The third kappa shape index (κ3) is 3.96. The van der Waals surface area contributed by atoms with Crippen LogP contribution in [-0.4, -0.2) is 29.6 Å². The Morgan fingerprint density at radius 2 is 1.82 bits per heavy atom. The second-order valence-electron chi connectivity index (χ2n) is 8.14. The Morgan fingerprint density at radius 1 is 1.09 bits per heavy atom. The van der Waals surface area contributed by atoms with E-state index in [1.807, 2.05) is 32.0 Å². The third-order valence-corrected chi connectivity index (χ3v) is 5.95. The molecule has 0 bridgehead atoms. The molecule has 5 rings (SSSR count). The number of fused-ring (bicyclic) bond motifs is 1. The molecule has 2 aliphatic rings. The molecule has 2 aliphatic heterocycles. The number of nitrogens with one attached hydrogen (secondary N) is 2. The summed E-state index contributed by atoms with van der Waals surface area (Å²) in [6.07, 6.45) is -4.06. The lowest BCUT2D eigenvalue weighted by Gasteiger charge is -2.30. The molecule has 33 heavy (non-hydrogen) atoms. The number of benzene rings is 2. The highest BCUT2D eigenvalue weighted by Gasteiger charge is 2.40. The lowest BCUT2D eigenvalue weighted by molar-refractivity contribution is -0.274. The van der Waals surface area contributed by atoms with Gasteiger partial charge in [-0.15, -0.1) is 13.2 Å². The van der Waals surface area contributed by atoms with E-state index in [1.165, 1.54) is 24.3 Å². The first-order chi connectivity index (χ1) is 15.7. The molecular formula is C23H21F3N4O3. The molecule has 1 aromatic heterocycles. The molecule has 3 heterocycles. The zero-order chi connectivity index (χ0) is 23.3. The fourth-order valence-electron chi connectivity index (χ4n) is 4.57. The van der Waals surface area contributed by atoms with Gasteiger partial charge in [-0.3, -0.25) is 4.79 Å². The smallest absolute Gasteiger partial charge is 0.406 e. The van der Waals surface area contributed by atoms with Gasteiger partial charge in [0, 0.05) is 17.7 Å². The number of carbonyl (C=O) groups excluding carboxylic acids is 1. The summed E-state index contributed by atoms with van der Waals surface area (Å²) in [5.74, 6) is 0.326. The minimum absolute atomic E-state index is 0.0829. The summed E-state index contributed by atoms with van der Waals surface area (Å²) in [6, 6.07) is 11.1. The van der Waals surface area contributed by atoms with Crippen molar-refractivity contribution >= 4 is 23.0 Å². The van der Waals surface area contributed by atoms with Crippen LogP contribution in [0, 0.1) is 13.8 Å². The van der Waals surface area contributed by atoms with Gasteiger partial charge in [0.25, 0.3) is 0 Å². The van der Waals surface area contributed by atoms with Gasteiger partial charge in [0.2, 0.25) is 5.91 Å². The average Bonchev–Trinajstić information content (AvgIpc) is 3.43. The number of rotatable bonds is 4. The van der Waals surface area contributed by atoms with Crippen LogP contribution in [0.15, 0.2) is 47.0 Å². The first-order valence-corrected chi connectivity index (χ1v) is 10.5. The van der Waals surface area contributed by atoms with Gasteiger partial charge in [-0.1, -0.05) is 11.2 Å². The number of aryl methyl sites for hydroxylation is 2. The summed E-state index contributed by atoms with van der Waals surface area (Å²) < 4.78 is 46.6. The number of hydrogen-bond acceptors (Lipinski definition) is 6. The largest absolute Gasteiger partial charge is 0.573 e. The van der Waals surface area contributed by atoms with Crippen molar-refractivity contribution in [2.45, 2.75) is 45.3 Å². The Hall–Kier alpha value is -3.69. The summed E-state index contributed by atoms with van der Waals surface area (Å²) in [4.78, 5) is 14.3. The number of hydrogen-bond donors (Lipinski definition) is 2. The predicted octanol–water partition coefficient (Wildman–Crippen LogP) is 5.22. The standard InChI is InChI=1S/C23H21F3N4O3/c1-12-21(13(2)33-29-12)14-3-8-17-18(11-14)28-22(27-17)19-9-10-20(31)30(19)15-4-6-16(7-5-15)32-23(24,25)26/h3-8,11,19,22,27-28H,9-10H2,1-2H3/t19?,22-/m0/s1.